The Morgan fingerprint density at radius 2 is 2.21 bits per heavy atom. The molecule has 0 radical (unpaired) electrons. The molecule has 1 aromatic carbocycles. The van der Waals surface area contributed by atoms with Crippen molar-refractivity contribution in [2.75, 3.05) is 0 Å². The lowest BCUT2D eigenvalue weighted by Gasteiger charge is -2.07. The molecule has 102 valence electrons. The van der Waals surface area contributed by atoms with Crippen LogP contribution in [0.2, 0.25) is 5.02 Å². The zero-order valence-corrected chi connectivity index (χ0v) is 12.0. The quantitative estimate of drug-likeness (QED) is 0.863. The van der Waals surface area contributed by atoms with Crippen LogP contribution in [-0.2, 0) is 18.8 Å². The highest BCUT2D eigenvalue weighted by Gasteiger charge is 2.12. The van der Waals surface area contributed by atoms with Gasteiger partial charge in [0, 0.05) is 12.3 Å². The van der Waals surface area contributed by atoms with E-state index >= 15 is 0 Å². The molecule has 0 spiro atoms. The van der Waals surface area contributed by atoms with Gasteiger partial charge in [0.05, 0.1) is 11.6 Å². The average Bonchev–Trinajstić information content (AvgIpc) is 2.82. The number of thioether (sulfide) groups is 1. The van der Waals surface area contributed by atoms with E-state index in [9.17, 15) is 4.39 Å². The highest BCUT2D eigenvalue weighted by molar-refractivity contribution is 7.98. The van der Waals surface area contributed by atoms with Gasteiger partial charge < -0.3 is 10.3 Å². The molecule has 19 heavy (non-hydrogen) atoms. The predicted octanol–water partition coefficient (Wildman–Crippen LogP) is 2.84. The van der Waals surface area contributed by atoms with E-state index in [4.69, 9.17) is 17.3 Å². The fourth-order valence-corrected chi connectivity index (χ4v) is 2.89. The number of hydrogen-bond acceptors (Lipinski definition) is 4. The number of nitrogens with two attached hydrogens (primary N) is 1. The summed E-state index contributed by atoms with van der Waals surface area (Å²) in [6.45, 7) is 3.07. The minimum absolute atomic E-state index is 0.137. The van der Waals surface area contributed by atoms with Crippen molar-refractivity contribution in [2.24, 2.45) is 5.73 Å². The van der Waals surface area contributed by atoms with Crippen molar-refractivity contribution in [2.45, 2.75) is 30.9 Å². The maximum atomic E-state index is 13.8. The third-order valence-electron chi connectivity index (χ3n) is 2.68. The monoisotopic (exact) mass is 300 g/mol. The van der Waals surface area contributed by atoms with Gasteiger partial charge >= 0.3 is 0 Å². The lowest BCUT2D eigenvalue weighted by atomic mass is 10.2. The first-order valence-electron chi connectivity index (χ1n) is 5.85. The summed E-state index contributed by atoms with van der Waals surface area (Å²) in [5, 5.41) is 8.95. The van der Waals surface area contributed by atoms with Crippen molar-refractivity contribution in [1.82, 2.24) is 14.8 Å². The second-order valence-electron chi connectivity index (χ2n) is 3.85. The number of rotatable bonds is 5. The third-order valence-corrected chi connectivity index (χ3v) is 3.99. The molecule has 7 heteroatoms. The van der Waals surface area contributed by atoms with Crippen molar-refractivity contribution >= 4 is 23.4 Å². The molecule has 1 aromatic heterocycles. The van der Waals surface area contributed by atoms with Crippen LogP contribution in [0.3, 0.4) is 0 Å². The first kappa shape index (κ1) is 14.3. The molecule has 0 aliphatic heterocycles. The highest BCUT2D eigenvalue weighted by atomic mass is 35.5. The zero-order valence-electron chi connectivity index (χ0n) is 10.4. The van der Waals surface area contributed by atoms with Crippen LogP contribution in [0, 0.1) is 5.82 Å². The Morgan fingerprint density at radius 1 is 1.42 bits per heavy atom. The van der Waals surface area contributed by atoms with E-state index in [2.05, 4.69) is 10.2 Å². The van der Waals surface area contributed by atoms with E-state index in [-0.39, 0.29) is 10.8 Å². The van der Waals surface area contributed by atoms with E-state index in [0.717, 1.165) is 17.5 Å². The first-order valence-corrected chi connectivity index (χ1v) is 7.21. The fourth-order valence-electron chi connectivity index (χ4n) is 1.70. The highest BCUT2D eigenvalue weighted by Crippen LogP contribution is 2.26. The van der Waals surface area contributed by atoms with Crippen LogP contribution in [0.25, 0.3) is 0 Å². The zero-order chi connectivity index (χ0) is 13.8. The van der Waals surface area contributed by atoms with E-state index in [1.165, 1.54) is 17.8 Å². The van der Waals surface area contributed by atoms with Gasteiger partial charge in [0.2, 0.25) is 0 Å². The Bertz CT molecular complexity index is 573. The van der Waals surface area contributed by atoms with Gasteiger partial charge in [-0.3, -0.25) is 0 Å². The lowest BCUT2D eigenvalue weighted by molar-refractivity contribution is 0.617. The average molecular weight is 301 g/mol. The smallest absolute Gasteiger partial charge is 0.191 e. The summed E-state index contributed by atoms with van der Waals surface area (Å²) in [4.78, 5) is 0. The van der Waals surface area contributed by atoms with Gasteiger partial charge in [-0.05, 0) is 18.6 Å². The van der Waals surface area contributed by atoms with Crippen LogP contribution in [0.4, 0.5) is 4.39 Å². The summed E-state index contributed by atoms with van der Waals surface area (Å²) < 4.78 is 15.7. The summed E-state index contributed by atoms with van der Waals surface area (Å²) >= 11 is 7.17. The Hall–Kier alpha value is -1.11. The molecule has 0 aliphatic carbocycles. The van der Waals surface area contributed by atoms with Gasteiger partial charge in [0.15, 0.2) is 5.16 Å². The van der Waals surface area contributed by atoms with Crippen LogP contribution in [0.1, 0.15) is 18.3 Å². The number of halogens is 2. The molecule has 2 rings (SSSR count). The topological polar surface area (TPSA) is 56.7 Å². The number of nitrogens with zero attached hydrogens (tertiary/aromatic N) is 3. The Morgan fingerprint density at radius 3 is 2.89 bits per heavy atom. The van der Waals surface area contributed by atoms with Gasteiger partial charge in [0.1, 0.15) is 11.6 Å². The summed E-state index contributed by atoms with van der Waals surface area (Å²) in [6, 6.07) is 4.98. The van der Waals surface area contributed by atoms with Gasteiger partial charge in [-0.15, -0.1) is 10.2 Å². The molecule has 2 N–H and O–H groups in total. The fraction of sp³-hybridized carbons (Fsp3) is 0.333. The van der Waals surface area contributed by atoms with E-state index in [0.29, 0.717) is 17.9 Å². The number of benzene rings is 1. The van der Waals surface area contributed by atoms with Crippen LogP contribution in [0.15, 0.2) is 23.4 Å². The molecular weight excluding hydrogens is 287 g/mol. The van der Waals surface area contributed by atoms with Gasteiger partial charge in [0.25, 0.3) is 0 Å². The van der Waals surface area contributed by atoms with Gasteiger partial charge in [-0.2, -0.15) is 0 Å². The molecule has 0 atom stereocenters. The summed E-state index contributed by atoms with van der Waals surface area (Å²) in [5.74, 6) is 0.810. The van der Waals surface area contributed by atoms with E-state index in [1.54, 1.807) is 12.1 Å². The van der Waals surface area contributed by atoms with Gasteiger partial charge in [-0.25, -0.2) is 4.39 Å². The van der Waals surface area contributed by atoms with Crippen molar-refractivity contribution in [3.63, 3.8) is 0 Å². The molecule has 0 unspecified atom stereocenters. The molecule has 0 fully saturated rings. The van der Waals surface area contributed by atoms with Crippen molar-refractivity contribution in [1.29, 1.82) is 0 Å². The Kier molecular flexibility index (Phi) is 4.79. The molecule has 4 nitrogen and oxygen atoms in total. The van der Waals surface area contributed by atoms with Gasteiger partial charge in [-0.1, -0.05) is 35.5 Å². The minimum Gasteiger partial charge on any atom is -0.324 e. The van der Waals surface area contributed by atoms with Crippen LogP contribution in [0.5, 0.6) is 0 Å². The minimum atomic E-state index is -0.377. The van der Waals surface area contributed by atoms with Crippen molar-refractivity contribution in [3.8, 4) is 0 Å². The van der Waals surface area contributed by atoms with Crippen LogP contribution >= 0.6 is 23.4 Å². The largest absolute Gasteiger partial charge is 0.324 e. The normalized spacial score (nSPS) is 10.9. The molecule has 0 saturated heterocycles. The van der Waals surface area contributed by atoms with Crippen molar-refractivity contribution < 1.29 is 4.39 Å². The molecule has 0 bridgehead atoms. The maximum absolute atomic E-state index is 13.8. The molecule has 2 aromatic rings. The predicted molar refractivity (Wildman–Crippen MR) is 74.6 cm³/mol. The third kappa shape index (κ3) is 3.08. The molecule has 0 aliphatic rings. The summed E-state index contributed by atoms with van der Waals surface area (Å²) in [5.41, 5.74) is 6.13. The van der Waals surface area contributed by atoms with Crippen LogP contribution < -0.4 is 5.73 Å². The second kappa shape index (κ2) is 6.36. The van der Waals surface area contributed by atoms with Crippen molar-refractivity contribution in [3.05, 3.63) is 40.4 Å². The second-order valence-corrected chi connectivity index (χ2v) is 5.20. The number of hydrogen-bond donors (Lipinski definition) is 1. The number of aromatic nitrogens is 3. The standard InChI is InChI=1S/C12H14ClFN4S/c1-2-18-10(6-15)16-17-12(18)19-7-8-4-3-5-9(13)11(8)14/h3-5H,2,6-7,15H2,1H3. The first-order chi connectivity index (χ1) is 9.17. The Balaban J connectivity index is 2.14. The van der Waals surface area contributed by atoms with E-state index < -0.39 is 0 Å². The molecule has 0 saturated carbocycles. The maximum Gasteiger partial charge on any atom is 0.191 e. The van der Waals surface area contributed by atoms with E-state index in [1.807, 2.05) is 11.5 Å². The molecule has 0 amide bonds. The molecule has 1 heterocycles. The molecular formula is C12H14ClFN4S. The SMILES string of the molecule is CCn1c(CN)nnc1SCc1cccc(Cl)c1F. The van der Waals surface area contributed by atoms with Crippen LogP contribution in [-0.4, -0.2) is 14.8 Å². The lowest BCUT2D eigenvalue weighted by Crippen LogP contribution is -2.08. The Labute approximate surface area is 120 Å². The summed E-state index contributed by atoms with van der Waals surface area (Å²) in [6.07, 6.45) is 0. The summed E-state index contributed by atoms with van der Waals surface area (Å²) in [7, 11) is 0.